The molecule has 3 rings (SSSR count). The first-order chi connectivity index (χ1) is 9.66. The Balaban J connectivity index is 2.10. The maximum atomic E-state index is 13.7. The molecule has 0 saturated carbocycles. The molecule has 0 aliphatic heterocycles. The van der Waals surface area contributed by atoms with E-state index in [-0.39, 0.29) is 17.2 Å². The van der Waals surface area contributed by atoms with Crippen LogP contribution in [-0.2, 0) is 0 Å². The molecular formula is C14H10FN3O2. The van der Waals surface area contributed by atoms with Crippen molar-refractivity contribution >= 4 is 0 Å². The second kappa shape index (κ2) is 4.73. The Hall–Kier alpha value is -2.76. The van der Waals surface area contributed by atoms with Gasteiger partial charge >= 0.3 is 0 Å². The van der Waals surface area contributed by atoms with E-state index < -0.39 is 5.82 Å². The van der Waals surface area contributed by atoms with Crippen LogP contribution in [0.25, 0.3) is 22.8 Å². The largest absolute Gasteiger partial charge is 0.507 e. The van der Waals surface area contributed by atoms with Crippen LogP contribution in [0.1, 0.15) is 5.56 Å². The van der Waals surface area contributed by atoms with Crippen LogP contribution in [0.5, 0.6) is 5.75 Å². The highest BCUT2D eigenvalue weighted by Crippen LogP contribution is 2.31. The van der Waals surface area contributed by atoms with Crippen molar-refractivity contribution in [1.29, 1.82) is 0 Å². The van der Waals surface area contributed by atoms with Gasteiger partial charge in [0.05, 0.1) is 0 Å². The summed E-state index contributed by atoms with van der Waals surface area (Å²) in [5.41, 5.74) is 1.51. The summed E-state index contributed by atoms with van der Waals surface area (Å²) < 4.78 is 18.8. The van der Waals surface area contributed by atoms with Crippen molar-refractivity contribution in [2.75, 3.05) is 0 Å². The van der Waals surface area contributed by atoms with Crippen molar-refractivity contribution in [3.05, 3.63) is 48.0 Å². The number of nitrogens with zero attached hydrogens (tertiary/aromatic N) is 3. The van der Waals surface area contributed by atoms with Crippen LogP contribution in [0.3, 0.4) is 0 Å². The number of halogens is 1. The molecular weight excluding hydrogens is 261 g/mol. The lowest BCUT2D eigenvalue weighted by Crippen LogP contribution is -1.88. The average Bonchev–Trinajstić information content (AvgIpc) is 2.88. The van der Waals surface area contributed by atoms with Crippen molar-refractivity contribution in [2.24, 2.45) is 0 Å². The normalized spacial score (nSPS) is 10.7. The Labute approximate surface area is 113 Å². The van der Waals surface area contributed by atoms with Gasteiger partial charge in [0.25, 0.3) is 5.89 Å². The van der Waals surface area contributed by atoms with Crippen LogP contribution >= 0.6 is 0 Å². The van der Waals surface area contributed by atoms with Crippen LogP contribution < -0.4 is 0 Å². The molecule has 0 radical (unpaired) electrons. The van der Waals surface area contributed by atoms with E-state index in [2.05, 4.69) is 15.1 Å². The van der Waals surface area contributed by atoms with Gasteiger partial charge in [-0.15, -0.1) is 0 Å². The Morgan fingerprint density at radius 1 is 1.25 bits per heavy atom. The second-order valence-electron chi connectivity index (χ2n) is 4.25. The molecule has 0 aliphatic rings. The SMILES string of the molecule is Cc1ccncc1-c1noc(-c2c(O)cccc2F)n1. The van der Waals surface area contributed by atoms with Crippen molar-refractivity contribution < 1.29 is 14.0 Å². The van der Waals surface area contributed by atoms with Gasteiger partial charge in [0, 0.05) is 18.0 Å². The second-order valence-corrected chi connectivity index (χ2v) is 4.25. The van der Waals surface area contributed by atoms with Gasteiger partial charge in [-0.2, -0.15) is 4.98 Å². The molecule has 5 nitrogen and oxygen atoms in total. The highest BCUT2D eigenvalue weighted by molar-refractivity contribution is 5.66. The van der Waals surface area contributed by atoms with Crippen LogP contribution in [-0.4, -0.2) is 20.2 Å². The number of pyridine rings is 1. The molecule has 0 spiro atoms. The molecule has 1 aromatic carbocycles. The molecule has 0 saturated heterocycles. The number of hydrogen-bond donors (Lipinski definition) is 1. The van der Waals surface area contributed by atoms with Crippen LogP contribution in [0.2, 0.25) is 0 Å². The number of aromatic nitrogens is 3. The number of hydrogen-bond acceptors (Lipinski definition) is 5. The quantitative estimate of drug-likeness (QED) is 0.775. The molecule has 20 heavy (non-hydrogen) atoms. The highest BCUT2D eigenvalue weighted by atomic mass is 19.1. The monoisotopic (exact) mass is 271 g/mol. The fourth-order valence-electron chi connectivity index (χ4n) is 1.86. The first-order valence-electron chi connectivity index (χ1n) is 5.89. The number of benzene rings is 1. The molecule has 0 fully saturated rings. The van der Waals surface area contributed by atoms with E-state index in [4.69, 9.17) is 4.52 Å². The van der Waals surface area contributed by atoms with E-state index >= 15 is 0 Å². The molecule has 1 N–H and O–H groups in total. The fraction of sp³-hybridized carbons (Fsp3) is 0.0714. The van der Waals surface area contributed by atoms with E-state index in [1.807, 2.05) is 13.0 Å². The van der Waals surface area contributed by atoms with Crippen molar-refractivity contribution in [3.8, 4) is 28.6 Å². The first kappa shape index (κ1) is 12.3. The molecule has 0 atom stereocenters. The maximum absolute atomic E-state index is 13.7. The van der Waals surface area contributed by atoms with Crippen molar-refractivity contribution in [3.63, 3.8) is 0 Å². The molecule has 2 aromatic heterocycles. The first-order valence-corrected chi connectivity index (χ1v) is 5.89. The summed E-state index contributed by atoms with van der Waals surface area (Å²) in [6, 6.07) is 5.79. The summed E-state index contributed by atoms with van der Waals surface area (Å²) in [5.74, 6) is -0.640. The Kier molecular flexibility index (Phi) is 2.90. The minimum absolute atomic E-state index is 0.0705. The van der Waals surface area contributed by atoms with E-state index in [0.29, 0.717) is 11.4 Å². The van der Waals surface area contributed by atoms with Gasteiger partial charge in [0.15, 0.2) is 0 Å². The van der Waals surface area contributed by atoms with E-state index in [9.17, 15) is 9.50 Å². The fourth-order valence-corrected chi connectivity index (χ4v) is 1.86. The van der Waals surface area contributed by atoms with Gasteiger partial charge in [0.1, 0.15) is 17.1 Å². The van der Waals surface area contributed by atoms with Crippen molar-refractivity contribution in [2.45, 2.75) is 6.92 Å². The molecule has 2 heterocycles. The number of phenolic OH excluding ortho intramolecular Hbond substituents is 1. The lowest BCUT2D eigenvalue weighted by Gasteiger charge is -2.00. The summed E-state index contributed by atoms with van der Waals surface area (Å²) >= 11 is 0. The molecule has 0 unspecified atom stereocenters. The van der Waals surface area contributed by atoms with Gasteiger partial charge in [-0.1, -0.05) is 11.2 Å². The minimum atomic E-state index is -0.622. The molecule has 100 valence electrons. The standard InChI is InChI=1S/C14H10FN3O2/c1-8-5-6-16-7-9(8)13-17-14(20-18-13)12-10(15)3-2-4-11(12)19/h2-7,19H,1H3. The Morgan fingerprint density at radius 2 is 2.10 bits per heavy atom. The zero-order valence-corrected chi connectivity index (χ0v) is 10.5. The van der Waals surface area contributed by atoms with Gasteiger partial charge in [-0.05, 0) is 30.7 Å². The smallest absolute Gasteiger partial charge is 0.265 e. The highest BCUT2D eigenvalue weighted by Gasteiger charge is 2.18. The lowest BCUT2D eigenvalue weighted by molar-refractivity contribution is 0.421. The Bertz CT molecular complexity index is 750. The lowest BCUT2D eigenvalue weighted by atomic mass is 10.1. The van der Waals surface area contributed by atoms with Gasteiger partial charge < -0.3 is 9.63 Å². The molecule has 6 heteroatoms. The predicted molar refractivity (Wildman–Crippen MR) is 69.3 cm³/mol. The van der Waals surface area contributed by atoms with E-state index in [0.717, 1.165) is 5.56 Å². The average molecular weight is 271 g/mol. The summed E-state index contributed by atoms with van der Waals surface area (Å²) in [6.45, 7) is 1.88. The minimum Gasteiger partial charge on any atom is -0.507 e. The number of phenols is 1. The van der Waals surface area contributed by atoms with Gasteiger partial charge in [-0.3, -0.25) is 4.98 Å². The summed E-state index contributed by atoms with van der Waals surface area (Å²) in [6.07, 6.45) is 3.26. The third-order valence-corrected chi connectivity index (χ3v) is 2.91. The third-order valence-electron chi connectivity index (χ3n) is 2.91. The molecule has 3 aromatic rings. The predicted octanol–water partition coefficient (Wildman–Crippen LogP) is 2.95. The summed E-state index contributed by atoms with van der Waals surface area (Å²) in [4.78, 5) is 8.11. The molecule has 0 bridgehead atoms. The van der Waals surface area contributed by atoms with Crippen LogP contribution in [0.4, 0.5) is 4.39 Å². The zero-order valence-electron chi connectivity index (χ0n) is 10.5. The number of rotatable bonds is 2. The third kappa shape index (κ3) is 2.01. The van der Waals surface area contributed by atoms with Gasteiger partial charge in [-0.25, -0.2) is 4.39 Å². The van der Waals surface area contributed by atoms with Crippen molar-refractivity contribution in [1.82, 2.24) is 15.1 Å². The zero-order chi connectivity index (χ0) is 14.1. The molecule has 0 amide bonds. The van der Waals surface area contributed by atoms with Gasteiger partial charge in [0.2, 0.25) is 5.82 Å². The Morgan fingerprint density at radius 3 is 2.85 bits per heavy atom. The van der Waals surface area contributed by atoms with Crippen LogP contribution in [0.15, 0.2) is 41.2 Å². The number of aromatic hydroxyl groups is 1. The van der Waals surface area contributed by atoms with Crippen LogP contribution in [0, 0.1) is 12.7 Å². The summed E-state index contributed by atoms with van der Waals surface area (Å²) in [5, 5.41) is 13.5. The van der Waals surface area contributed by atoms with E-state index in [1.165, 1.54) is 18.2 Å². The summed E-state index contributed by atoms with van der Waals surface area (Å²) in [7, 11) is 0. The topological polar surface area (TPSA) is 72.0 Å². The maximum Gasteiger partial charge on any atom is 0.265 e. The van der Waals surface area contributed by atoms with E-state index in [1.54, 1.807) is 12.4 Å². The molecule has 0 aliphatic carbocycles. The number of aryl methyl sites for hydroxylation is 1.